The Labute approximate surface area is 97.7 Å². The second-order valence-corrected chi connectivity index (χ2v) is 3.94. The van der Waals surface area contributed by atoms with Crippen molar-refractivity contribution in [2.24, 2.45) is 0 Å². The van der Waals surface area contributed by atoms with Gasteiger partial charge in [0.05, 0.1) is 7.11 Å². The lowest BCUT2D eigenvalue weighted by Crippen LogP contribution is -2.23. The van der Waals surface area contributed by atoms with Crippen molar-refractivity contribution in [3.8, 4) is 5.75 Å². The Morgan fingerprint density at radius 1 is 1.25 bits per heavy atom. The molecule has 0 fully saturated rings. The minimum Gasteiger partial charge on any atom is -0.496 e. The maximum Gasteiger partial charge on any atom is 0.122 e. The number of methoxy groups -OCH3 is 1. The number of ether oxygens (including phenoxy) is 1. The molecule has 0 aliphatic heterocycles. The van der Waals surface area contributed by atoms with Gasteiger partial charge in [0.15, 0.2) is 0 Å². The zero-order chi connectivity index (χ0) is 11.8. The Morgan fingerprint density at radius 3 is 2.69 bits per heavy atom. The van der Waals surface area contributed by atoms with Crippen LogP contribution in [-0.2, 0) is 6.42 Å². The number of aliphatic hydroxyl groups excluding tert-OH is 1. The minimum absolute atomic E-state index is 0.263. The van der Waals surface area contributed by atoms with Crippen molar-refractivity contribution in [1.82, 2.24) is 4.90 Å². The molecule has 1 aromatic carbocycles. The summed E-state index contributed by atoms with van der Waals surface area (Å²) in [4.78, 5) is 2.22. The van der Waals surface area contributed by atoms with Crippen LogP contribution in [0.5, 0.6) is 5.75 Å². The Kier molecular flexibility index (Phi) is 5.90. The molecule has 0 spiro atoms. The molecule has 0 unspecified atom stereocenters. The monoisotopic (exact) mass is 223 g/mol. The number of hydrogen-bond donors (Lipinski definition) is 1. The third-order valence-electron chi connectivity index (χ3n) is 2.65. The van der Waals surface area contributed by atoms with Crippen LogP contribution in [0.25, 0.3) is 0 Å². The van der Waals surface area contributed by atoms with Crippen molar-refractivity contribution in [3.63, 3.8) is 0 Å². The van der Waals surface area contributed by atoms with Crippen LogP contribution in [-0.4, -0.2) is 43.9 Å². The first kappa shape index (κ1) is 13.0. The summed E-state index contributed by atoms with van der Waals surface area (Å²) in [5.41, 5.74) is 1.24. The molecule has 0 saturated heterocycles. The number of hydrogen-bond acceptors (Lipinski definition) is 3. The average molecular weight is 223 g/mol. The molecule has 1 rings (SSSR count). The number of para-hydroxylation sites is 1. The Bertz CT molecular complexity index is 302. The topological polar surface area (TPSA) is 32.7 Å². The molecule has 3 nitrogen and oxygen atoms in total. The molecular weight excluding hydrogens is 202 g/mol. The van der Waals surface area contributed by atoms with E-state index in [1.54, 1.807) is 7.11 Å². The van der Waals surface area contributed by atoms with Crippen LogP contribution < -0.4 is 4.74 Å². The highest BCUT2D eigenvalue weighted by Gasteiger charge is 2.03. The van der Waals surface area contributed by atoms with Gasteiger partial charge in [-0.25, -0.2) is 0 Å². The maximum atomic E-state index is 8.74. The van der Waals surface area contributed by atoms with Gasteiger partial charge in [-0.15, -0.1) is 0 Å². The number of rotatable bonds is 7. The molecule has 0 atom stereocenters. The first-order chi connectivity index (χ1) is 7.77. The summed E-state index contributed by atoms with van der Waals surface area (Å²) in [6.07, 6.45) is 1.81. The molecule has 0 aromatic heterocycles. The fourth-order valence-corrected chi connectivity index (χ4v) is 1.67. The molecule has 0 bridgehead atoms. The van der Waals surface area contributed by atoms with Gasteiger partial charge in [0.1, 0.15) is 5.75 Å². The highest BCUT2D eigenvalue weighted by Crippen LogP contribution is 2.17. The van der Waals surface area contributed by atoms with Crippen molar-refractivity contribution in [1.29, 1.82) is 0 Å². The summed E-state index contributed by atoms with van der Waals surface area (Å²) >= 11 is 0. The lowest BCUT2D eigenvalue weighted by molar-refractivity contribution is 0.248. The molecule has 0 heterocycles. The summed E-state index contributed by atoms with van der Waals surface area (Å²) in [5.74, 6) is 0.957. The van der Waals surface area contributed by atoms with E-state index < -0.39 is 0 Å². The Balaban J connectivity index is 2.41. The number of aliphatic hydroxyl groups is 1. The van der Waals surface area contributed by atoms with Crippen LogP contribution in [0.3, 0.4) is 0 Å². The zero-order valence-electron chi connectivity index (χ0n) is 10.1. The van der Waals surface area contributed by atoms with Gasteiger partial charge in [0.25, 0.3) is 0 Å². The lowest BCUT2D eigenvalue weighted by atomic mass is 10.1. The van der Waals surface area contributed by atoms with Crippen LogP contribution in [0.2, 0.25) is 0 Å². The fourth-order valence-electron chi connectivity index (χ4n) is 1.67. The fraction of sp³-hybridized carbons (Fsp3) is 0.538. The normalized spacial score (nSPS) is 10.8. The molecule has 3 heteroatoms. The first-order valence-corrected chi connectivity index (χ1v) is 5.69. The van der Waals surface area contributed by atoms with E-state index in [4.69, 9.17) is 9.84 Å². The summed E-state index contributed by atoms with van der Waals surface area (Å²) in [6, 6.07) is 8.10. The molecule has 0 amide bonds. The minimum atomic E-state index is 0.263. The second kappa shape index (κ2) is 7.25. The van der Waals surface area contributed by atoms with E-state index in [0.717, 1.165) is 31.7 Å². The van der Waals surface area contributed by atoms with E-state index in [2.05, 4.69) is 18.0 Å². The molecule has 0 aliphatic rings. The first-order valence-electron chi connectivity index (χ1n) is 5.69. The van der Waals surface area contributed by atoms with Gasteiger partial charge in [0.2, 0.25) is 0 Å². The van der Waals surface area contributed by atoms with E-state index in [9.17, 15) is 0 Å². The van der Waals surface area contributed by atoms with Crippen molar-refractivity contribution in [2.45, 2.75) is 12.8 Å². The van der Waals surface area contributed by atoms with Crippen LogP contribution in [0.1, 0.15) is 12.0 Å². The van der Waals surface area contributed by atoms with Gasteiger partial charge >= 0.3 is 0 Å². The van der Waals surface area contributed by atoms with E-state index in [1.807, 2.05) is 18.2 Å². The lowest BCUT2D eigenvalue weighted by Gasteiger charge is -2.16. The Morgan fingerprint density at radius 2 is 2.00 bits per heavy atom. The number of benzene rings is 1. The standard InChI is InChI=1S/C13H21NO2/c1-14(9-5-11-15)10-8-12-6-3-4-7-13(12)16-2/h3-4,6-7,15H,5,8-11H2,1-2H3. The quantitative estimate of drug-likeness (QED) is 0.761. The summed E-state index contributed by atoms with van der Waals surface area (Å²) in [6.45, 7) is 2.19. The molecule has 16 heavy (non-hydrogen) atoms. The predicted molar refractivity (Wildman–Crippen MR) is 65.9 cm³/mol. The SMILES string of the molecule is COc1ccccc1CCN(C)CCCO. The van der Waals surface area contributed by atoms with Crippen molar-refractivity contribution in [2.75, 3.05) is 33.9 Å². The third kappa shape index (κ3) is 4.21. The second-order valence-electron chi connectivity index (χ2n) is 3.94. The summed E-state index contributed by atoms with van der Waals surface area (Å²) in [7, 11) is 3.78. The van der Waals surface area contributed by atoms with Gasteiger partial charge in [0, 0.05) is 19.7 Å². The van der Waals surface area contributed by atoms with Crippen molar-refractivity contribution < 1.29 is 9.84 Å². The average Bonchev–Trinajstić information content (AvgIpc) is 2.34. The molecule has 0 saturated carbocycles. The van der Waals surface area contributed by atoms with E-state index in [0.29, 0.717) is 0 Å². The van der Waals surface area contributed by atoms with Gasteiger partial charge in [-0.05, 0) is 31.5 Å². The molecule has 0 aliphatic carbocycles. The van der Waals surface area contributed by atoms with E-state index in [1.165, 1.54) is 5.56 Å². The highest BCUT2D eigenvalue weighted by molar-refractivity contribution is 5.33. The van der Waals surface area contributed by atoms with E-state index >= 15 is 0 Å². The smallest absolute Gasteiger partial charge is 0.122 e. The molecule has 90 valence electrons. The van der Waals surface area contributed by atoms with Crippen molar-refractivity contribution >= 4 is 0 Å². The zero-order valence-corrected chi connectivity index (χ0v) is 10.1. The van der Waals surface area contributed by atoms with Crippen molar-refractivity contribution in [3.05, 3.63) is 29.8 Å². The Hall–Kier alpha value is -1.06. The molecule has 0 radical (unpaired) electrons. The number of likely N-dealkylation sites (N-methyl/N-ethyl adjacent to an activating group) is 1. The third-order valence-corrected chi connectivity index (χ3v) is 2.65. The van der Waals surface area contributed by atoms with Crippen LogP contribution in [0, 0.1) is 0 Å². The molecular formula is C13H21NO2. The predicted octanol–water partition coefficient (Wildman–Crippen LogP) is 1.55. The van der Waals surface area contributed by atoms with Gasteiger partial charge in [-0.2, -0.15) is 0 Å². The van der Waals surface area contributed by atoms with E-state index in [-0.39, 0.29) is 6.61 Å². The van der Waals surface area contributed by atoms with Crippen LogP contribution in [0.4, 0.5) is 0 Å². The maximum absolute atomic E-state index is 8.74. The summed E-state index contributed by atoms with van der Waals surface area (Å²) in [5, 5.41) is 8.74. The van der Waals surface area contributed by atoms with Gasteiger partial charge < -0.3 is 14.7 Å². The molecule has 1 N–H and O–H groups in total. The van der Waals surface area contributed by atoms with Gasteiger partial charge in [-0.3, -0.25) is 0 Å². The largest absolute Gasteiger partial charge is 0.496 e. The molecule has 1 aromatic rings. The summed E-state index contributed by atoms with van der Waals surface area (Å²) < 4.78 is 5.30. The van der Waals surface area contributed by atoms with Crippen LogP contribution >= 0.6 is 0 Å². The highest BCUT2D eigenvalue weighted by atomic mass is 16.5. The van der Waals surface area contributed by atoms with Crippen LogP contribution in [0.15, 0.2) is 24.3 Å². The van der Waals surface area contributed by atoms with Gasteiger partial charge in [-0.1, -0.05) is 18.2 Å². The number of nitrogens with zero attached hydrogens (tertiary/aromatic N) is 1.